The smallest absolute Gasteiger partial charge is 0.173 e. The Morgan fingerprint density at radius 2 is 1.12 bits per heavy atom. The third-order valence-corrected chi connectivity index (χ3v) is 5.11. The van der Waals surface area contributed by atoms with Crippen molar-refractivity contribution >= 4 is 46.0 Å². The van der Waals surface area contributed by atoms with E-state index in [2.05, 4.69) is 58.5 Å². The molecule has 1 aliphatic rings. The van der Waals surface area contributed by atoms with Gasteiger partial charge >= 0.3 is 0 Å². The molecule has 0 spiro atoms. The number of thiocarbonyl (C=S) groups is 2. The lowest BCUT2D eigenvalue weighted by Gasteiger charge is -2.37. The van der Waals surface area contributed by atoms with Crippen molar-refractivity contribution in [3.8, 4) is 0 Å². The van der Waals surface area contributed by atoms with Gasteiger partial charge in [-0.25, -0.2) is 0 Å². The Bertz CT molecular complexity index is 730. The Balaban J connectivity index is 1.50. The molecule has 0 saturated carbocycles. The van der Waals surface area contributed by atoms with E-state index in [9.17, 15) is 0 Å². The number of piperazine rings is 1. The maximum Gasteiger partial charge on any atom is 0.173 e. The molecule has 136 valence electrons. The van der Waals surface area contributed by atoms with Gasteiger partial charge < -0.3 is 20.4 Å². The highest BCUT2D eigenvalue weighted by Crippen LogP contribution is 2.14. The molecule has 0 unspecified atom stereocenters. The van der Waals surface area contributed by atoms with Crippen LogP contribution in [0.5, 0.6) is 0 Å². The number of anilines is 2. The van der Waals surface area contributed by atoms with Gasteiger partial charge in [-0.15, -0.1) is 0 Å². The van der Waals surface area contributed by atoms with E-state index in [4.69, 9.17) is 24.4 Å². The van der Waals surface area contributed by atoms with Gasteiger partial charge in [0.1, 0.15) is 0 Å². The summed E-state index contributed by atoms with van der Waals surface area (Å²) in [6.07, 6.45) is 0. The Hall–Kier alpha value is -2.18. The molecular weight excluding hydrogens is 360 g/mol. The van der Waals surface area contributed by atoms with Crippen molar-refractivity contribution in [1.82, 2.24) is 9.80 Å². The van der Waals surface area contributed by atoms with Gasteiger partial charge in [0.15, 0.2) is 10.2 Å². The van der Waals surface area contributed by atoms with E-state index < -0.39 is 0 Å². The number of aryl methyl sites for hydroxylation is 2. The number of nitrogens with zero attached hydrogens (tertiary/aromatic N) is 2. The van der Waals surface area contributed by atoms with Crippen LogP contribution in [0.2, 0.25) is 0 Å². The summed E-state index contributed by atoms with van der Waals surface area (Å²) in [6.45, 7) is 7.57. The van der Waals surface area contributed by atoms with Crippen molar-refractivity contribution in [3.63, 3.8) is 0 Å². The number of nitrogens with one attached hydrogen (secondary N) is 2. The SMILES string of the molecule is Cc1cccc(NC(=S)N2CCN(C(=S)Nc3cccc(C)c3)CC2)c1. The second-order valence-corrected chi connectivity index (χ2v) is 7.35. The molecule has 2 N–H and O–H groups in total. The second-order valence-electron chi connectivity index (χ2n) is 6.57. The molecule has 4 nitrogen and oxygen atoms in total. The van der Waals surface area contributed by atoms with E-state index in [1.165, 1.54) is 11.1 Å². The summed E-state index contributed by atoms with van der Waals surface area (Å²) in [7, 11) is 0. The van der Waals surface area contributed by atoms with Gasteiger partial charge in [-0.1, -0.05) is 24.3 Å². The van der Waals surface area contributed by atoms with E-state index in [-0.39, 0.29) is 0 Å². The van der Waals surface area contributed by atoms with E-state index in [1.54, 1.807) is 0 Å². The monoisotopic (exact) mass is 384 g/mol. The molecule has 2 aromatic rings. The fourth-order valence-electron chi connectivity index (χ4n) is 2.96. The van der Waals surface area contributed by atoms with Crippen LogP contribution < -0.4 is 10.6 Å². The molecule has 0 aliphatic carbocycles. The van der Waals surface area contributed by atoms with Gasteiger partial charge in [0.25, 0.3) is 0 Å². The average Bonchev–Trinajstić information content (AvgIpc) is 2.62. The summed E-state index contributed by atoms with van der Waals surface area (Å²) >= 11 is 11.1. The summed E-state index contributed by atoms with van der Waals surface area (Å²) in [6, 6.07) is 16.5. The van der Waals surface area contributed by atoms with Gasteiger partial charge in [-0.2, -0.15) is 0 Å². The molecule has 26 heavy (non-hydrogen) atoms. The third kappa shape index (κ3) is 4.93. The molecule has 0 amide bonds. The fraction of sp³-hybridized carbons (Fsp3) is 0.300. The number of hydrogen-bond acceptors (Lipinski definition) is 2. The van der Waals surface area contributed by atoms with Gasteiger partial charge in [-0.05, 0) is 73.7 Å². The Morgan fingerprint density at radius 1 is 0.731 bits per heavy atom. The average molecular weight is 385 g/mol. The minimum atomic E-state index is 0.771. The zero-order valence-corrected chi connectivity index (χ0v) is 16.8. The van der Waals surface area contributed by atoms with Crippen molar-refractivity contribution in [2.24, 2.45) is 0 Å². The van der Waals surface area contributed by atoms with Crippen LogP contribution in [0.25, 0.3) is 0 Å². The molecule has 1 heterocycles. The highest BCUT2D eigenvalue weighted by atomic mass is 32.1. The van der Waals surface area contributed by atoms with Crippen LogP contribution in [-0.2, 0) is 0 Å². The van der Waals surface area contributed by atoms with E-state index in [0.717, 1.165) is 47.8 Å². The van der Waals surface area contributed by atoms with Crippen molar-refractivity contribution < 1.29 is 0 Å². The second kappa shape index (κ2) is 8.47. The summed E-state index contributed by atoms with van der Waals surface area (Å²) in [5.74, 6) is 0. The van der Waals surface area contributed by atoms with Crippen LogP contribution >= 0.6 is 24.4 Å². The van der Waals surface area contributed by atoms with Crippen LogP contribution in [0.15, 0.2) is 48.5 Å². The molecule has 1 aliphatic heterocycles. The largest absolute Gasteiger partial charge is 0.345 e. The molecule has 2 aromatic carbocycles. The molecular formula is C20H24N4S2. The molecule has 0 radical (unpaired) electrons. The summed E-state index contributed by atoms with van der Waals surface area (Å²) < 4.78 is 0. The predicted molar refractivity (Wildman–Crippen MR) is 118 cm³/mol. The molecule has 0 atom stereocenters. The van der Waals surface area contributed by atoms with Crippen LogP contribution in [0.3, 0.4) is 0 Å². The standard InChI is InChI=1S/C20H24N4S2/c1-15-5-3-7-17(13-15)21-19(25)23-9-11-24(12-10-23)20(26)22-18-8-4-6-16(2)14-18/h3-8,13-14H,9-12H2,1-2H3,(H,21,25)(H,22,26). The van der Waals surface area contributed by atoms with Crippen LogP contribution in [0.4, 0.5) is 11.4 Å². The zero-order chi connectivity index (χ0) is 18.5. The fourth-order valence-corrected chi connectivity index (χ4v) is 3.56. The maximum atomic E-state index is 5.57. The van der Waals surface area contributed by atoms with Crippen molar-refractivity contribution in [1.29, 1.82) is 0 Å². The van der Waals surface area contributed by atoms with E-state index >= 15 is 0 Å². The van der Waals surface area contributed by atoms with Gasteiger partial charge in [-0.3, -0.25) is 0 Å². The Labute approximate surface area is 166 Å². The third-order valence-electron chi connectivity index (χ3n) is 4.39. The van der Waals surface area contributed by atoms with Crippen LogP contribution in [0.1, 0.15) is 11.1 Å². The van der Waals surface area contributed by atoms with Gasteiger partial charge in [0, 0.05) is 37.6 Å². The number of hydrogen-bond donors (Lipinski definition) is 2. The number of benzene rings is 2. The maximum absolute atomic E-state index is 5.57. The highest BCUT2D eigenvalue weighted by molar-refractivity contribution is 7.80. The Morgan fingerprint density at radius 3 is 1.46 bits per heavy atom. The molecule has 0 bridgehead atoms. The van der Waals surface area contributed by atoms with Gasteiger partial charge in [0.05, 0.1) is 0 Å². The number of rotatable bonds is 2. The molecule has 1 saturated heterocycles. The lowest BCUT2D eigenvalue weighted by Crippen LogP contribution is -2.52. The van der Waals surface area contributed by atoms with Crippen molar-refractivity contribution in [2.75, 3.05) is 36.8 Å². The first-order valence-corrected chi connectivity index (χ1v) is 9.58. The lowest BCUT2D eigenvalue weighted by molar-refractivity contribution is 0.264. The van der Waals surface area contributed by atoms with Crippen LogP contribution in [-0.4, -0.2) is 46.2 Å². The summed E-state index contributed by atoms with van der Waals surface area (Å²) in [4.78, 5) is 4.40. The quantitative estimate of drug-likeness (QED) is 0.761. The topological polar surface area (TPSA) is 30.5 Å². The summed E-state index contributed by atoms with van der Waals surface area (Å²) in [5.41, 5.74) is 4.51. The van der Waals surface area contributed by atoms with Crippen molar-refractivity contribution in [3.05, 3.63) is 59.7 Å². The normalized spacial score (nSPS) is 14.1. The minimum absolute atomic E-state index is 0.771. The minimum Gasteiger partial charge on any atom is -0.345 e. The molecule has 1 fully saturated rings. The molecule has 6 heteroatoms. The van der Waals surface area contributed by atoms with E-state index in [0.29, 0.717) is 0 Å². The highest BCUT2D eigenvalue weighted by Gasteiger charge is 2.20. The predicted octanol–water partition coefficient (Wildman–Crippen LogP) is 4.01. The lowest BCUT2D eigenvalue weighted by atomic mass is 10.2. The molecule has 0 aromatic heterocycles. The summed E-state index contributed by atoms with van der Waals surface area (Å²) in [5, 5.41) is 8.21. The Kier molecular flexibility index (Phi) is 6.06. The zero-order valence-electron chi connectivity index (χ0n) is 15.2. The van der Waals surface area contributed by atoms with Crippen molar-refractivity contribution in [2.45, 2.75) is 13.8 Å². The van der Waals surface area contributed by atoms with Gasteiger partial charge in [0.2, 0.25) is 0 Å². The van der Waals surface area contributed by atoms with E-state index in [1.807, 2.05) is 24.3 Å². The first kappa shape index (κ1) is 18.6. The first-order valence-electron chi connectivity index (χ1n) is 8.76. The first-order chi connectivity index (χ1) is 12.5. The van der Waals surface area contributed by atoms with Crippen LogP contribution in [0, 0.1) is 13.8 Å². The molecule has 3 rings (SSSR count).